The number of carboxylic acids is 1. The van der Waals surface area contributed by atoms with Gasteiger partial charge in [-0.2, -0.15) is 0 Å². The third-order valence-corrected chi connectivity index (χ3v) is 5.53. The summed E-state index contributed by atoms with van der Waals surface area (Å²) in [4.78, 5) is 26.6. The second-order valence-electron chi connectivity index (χ2n) is 5.83. The zero-order valence-corrected chi connectivity index (χ0v) is 12.6. The van der Waals surface area contributed by atoms with Crippen LogP contribution >= 0.6 is 11.3 Å². The van der Waals surface area contributed by atoms with Crippen molar-refractivity contribution in [1.29, 1.82) is 0 Å². The molecule has 0 saturated carbocycles. The van der Waals surface area contributed by atoms with Gasteiger partial charge in [0.25, 0.3) is 0 Å². The number of fused-ring (bicyclic) bond motifs is 2. The Bertz CT molecular complexity index is 517. The van der Waals surface area contributed by atoms with Crippen molar-refractivity contribution in [3.05, 3.63) is 22.4 Å². The SMILES string of the molecule is O=C(CN1C2CCC1C(C(=O)O)C2)NCCc1cccs1. The zero-order valence-electron chi connectivity index (χ0n) is 11.8. The molecule has 2 fully saturated rings. The molecular formula is C15H20N2O3S. The van der Waals surface area contributed by atoms with E-state index in [9.17, 15) is 14.7 Å². The molecule has 0 spiro atoms. The number of nitrogens with one attached hydrogen (secondary N) is 1. The first-order valence-corrected chi connectivity index (χ1v) is 8.30. The average Bonchev–Trinajstić information content (AvgIpc) is 3.16. The average molecular weight is 308 g/mol. The molecule has 1 aromatic rings. The third-order valence-electron chi connectivity index (χ3n) is 4.60. The summed E-state index contributed by atoms with van der Waals surface area (Å²) in [6, 6.07) is 4.40. The van der Waals surface area contributed by atoms with E-state index < -0.39 is 5.97 Å². The highest BCUT2D eigenvalue weighted by Gasteiger charge is 2.49. The van der Waals surface area contributed by atoms with Crippen LogP contribution in [-0.4, -0.2) is 47.1 Å². The monoisotopic (exact) mass is 308 g/mol. The minimum absolute atomic E-state index is 0.00879. The van der Waals surface area contributed by atoms with Gasteiger partial charge in [0.15, 0.2) is 0 Å². The van der Waals surface area contributed by atoms with Gasteiger partial charge in [0.05, 0.1) is 12.5 Å². The summed E-state index contributed by atoms with van der Waals surface area (Å²) < 4.78 is 0. The number of amides is 1. The maximum Gasteiger partial charge on any atom is 0.308 e. The van der Waals surface area contributed by atoms with Crippen LogP contribution in [0.25, 0.3) is 0 Å². The van der Waals surface area contributed by atoms with E-state index in [1.807, 2.05) is 11.4 Å². The molecule has 3 rings (SSSR count). The van der Waals surface area contributed by atoms with Crippen LogP contribution < -0.4 is 5.32 Å². The van der Waals surface area contributed by atoms with Gasteiger partial charge in [0.1, 0.15) is 0 Å². The standard InChI is InChI=1S/C15H20N2O3S/c18-14(16-6-5-11-2-1-7-21-11)9-17-10-3-4-13(17)12(8-10)15(19)20/h1-2,7,10,12-13H,3-6,8-9H2,(H,16,18)(H,19,20). The highest BCUT2D eigenvalue weighted by molar-refractivity contribution is 7.09. The summed E-state index contributed by atoms with van der Waals surface area (Å²) in [5, 5.41) is 14.2. The Kier molecular flexibility index (Phi) is 4.26. The van der Waals surface area contributed by atoms with Crippen molar-refractivity contribution in [3.8, 4) is 0 Å². The maximum atomic E-state index is 12.0. The van der Waals surface area contributed by atoms with E-state index in [0.717, 1.165) is 19.3 Å². The molecule has 2 aliphatic heterocycles. The van der Waals surface area contributed by atoms with Crippen LogP contribution in [0.15, 0.2) is 17.5 Å². The van der Waals surface area contributed by atoms with E-state index in [2.05, 4.69) is 16.3 Å². The number of carbonyl (C=O) groups is 2. The quantitative estimate of drug-likeness (QED) is 0.832. The van der Waals surface area contributed by atoms with Gasteiger partial charge < -0.3 is 10.4 Å². The Morgan fingerprint density at radius 1 is 1.43 bits per heavy atom. The summed E-state index contributed by atoms with van der Waals surface area (Å²) in [7, 11) is 0. The predicted molar refractivity (Wildman–Crippen MR) is 80.3 cm³/mol. The summed E-state index contributed by atoms with van der Waals surface area (Å²) in [6.45, 7) is 0.981. The van der Waals surface area contributed by atoms with Crippen LogP contribution in [0.1, 0.15) is 24.1 Å². The largest absolute Gasteiger partial charge is 0.481 e. The first-order valence-electron chi connectivity index (χ1n) is 7.43. The third kappa shape index (κ3) is 3.11. The first-order chi connectivity index (χ1) is 10.1. The number of rotatable bonds is 6. The molecule has 21 heavy (non-hydrogen) atoms. The fraction of sp³-hybridized carbons (Fsp3) is 0.600. The molecule has 114 valence electrons. The van der Waals surface area contributed by atoms with Crippen LogP contribution in [0.4, 0.5) is 0 Å². The summed E-state index contributed by atoms with van der Waals surface area (Å²) in [5.41, 5.74) is 0. The van der Waals surface area contributed by atoms with Crippen molar-refractivity contribution in [3.63, 3.8) is 0 Å². The van der Waals surface area contributed by atoms with Gasteiger partial charge in [-0.3, -0.25) is 14.5 Å². The molecule has 0 radical (unpaired) electrons. The molecule has 2 N–H and O–H groups in total. The van der Waals surface area contributed by atoms with Crippen LogP contribution in [0.5, 0.6) is 0 Å². The Morgan fingerprint density at radius 3 is 2.95 bits per heavy atom. The molecule has 2 bridgehead atoms. The lowest BCUT2D eigenvalue weighted by atomic mass is 9.89. The molecule has 0 aromatic carbocycles. The Morgan fingerprint density at radius 2 is 2.29 bits per heavy atom. The minimum atomic E-state index is -0.717. The lowest BCUT2D eigenvalue weighted by molar-refractivity contribution is -0.143. The first kappa shape index (κ1) is 14.5. The highest BCUT2D eigenvalue weighted by atomic mass is 32.1. The number of hydrogen-bond acceptors (Lipinski definition) is 4. The van der Waals surface area contributed by atoms with Gasteiger partial charge >= 0.3 is 5.97 Å². The molecule has 1 amide bonds. The van der Waals surface area contributed by atoms with Crippen molar-refractivity contribution in [1.82, 2.24) is 10.2 Å². The van der Waals surface area contributed by atoms with E-state index >= 15 is 0 Å². The topological polar surface area (TPSA) is 69.6 Å². The fourth-order valence-electron chi connectivity index (χ4n) is 3.61. The summed E-state index contributed by atoms with van der Waals surface area (Å²) in [6.07, 6.45) is 3.48. The second-order valence-corrected chi connectivity index (χ2v) is 6.86. The Hall–Kier alpha value is -1.40. The molecule has 3 atom stereocenters. The lowest BCUT2D eigenvalue weighted by Gasteiger charge is -2.21. The summed E-state index contributed by atoms with van der Waals surface area (Å²) in [5.74, 6) is -0.998. The number of aliphatic carboxylic acids is 1. The van der Waals surface area contributed by atoms with Gasteiger partial charge in [0, 0.05) is 23.5 Å². The van der Waals surface area contributed by atoms with Gasteiger partial charge in [-0.15, -0.1) is 11.3 Å². The van der Waals surface area contributed by atoms with Gasteiger partial charge in [-0.25, -0.2) is 0 Å². The molecule has 0 aliphatic carbocycles. The van der Waals surface area contributed by atoms with Crippen molar-refractivity contribution in [2.45, 2.75) is 37.8 Å². The highest BCUT2D eigenvalue weighted by Crippen LogP contribution is 2.41. The number of thiophene rings is 1. The predicted octanol–water partition coefficient (Wildman–Crippen LogP) is 1.34. The minimum Gasteiger partial charge on any atom is -0.481 e. The molecule has 6 heteroatoms. The number of hydrogen-bond donors (Lipinski definition) is 2. The fourth-order valence-corrected chi connectivity index (χ4v) is 4.32. The molecule has 2 aliphatic rings. The maximum absolute atomic E-state index is 12.0. The van der Waals surface area contributed by atoms with Gasteiger partial charge in [0.2, 0.25) is 5.91 Å². The van der Waals surface area contributed by atoms with E-state index in [0.29, 0.717) is 19.5 Å². The molecule has 2 saturated heterocycles. The van der Waals surface area contributed by atoms with E-state index in [1.165, 1.54) is 4.88 Å². The van der Waals surface area contributed by atoms with Crippen LogP contribution in [0.3, 0.4) is 0 Å². The number of carboxylic acid groups (broad SMARTS) is 1. The molecule has 3 heterocycles. The molecule has 5 nitrogen and oxygen atoms in total. The van der Waals surface area contributed by atoms with Gasteiger partial charge in [-0.1, -0.05) is 6.07 Å². The number of carbonyl (C=O) groups excluding carboxylic acids is 1. The molecule has 3 unspecified atom stereocenters. The Balaban J connectivity index is 1.46. The van der Waals surface area contributed by atoms with Crippen molar-refractivity contribution < 1.29 is 14.7 Å². The normalized spacial score (nSPS) is 27.9. The molecular weight excluding hydrogens is 288 g/mol. The van der Waals surface area contributed by atoms with Crippen molar-refractivity contribution in [2.24, 2.45) is 5.92 Å². The second kappa shape index (κ2) is 6.15. The van der Waals surface area contributed by atoms with E-state index in [4.69, 9.17) is 0 Å². The van der Waals surface area contributed by atoms with Crippen molar-refractivity contribution >= 4 is 23.2 Å². The Labute approximate surface area is 128 Å². The number of nitrogens with zero attached hydrogens (tertiary/aromatic N) is 1. The molecule has 1 aromatic heterocycles. The van der Waals surface area contributed by atoms with E-state index in [-0.39, 0.29) is 23.9 Å². The lowest BCUT2D eigenvalue weighted by Crippen LogP contribution is -2.41. The van der Waals surface area contributed by atoms with E-state index in [1.54, 1.807) is 11.3 Å². The van der Waals surface area contributed by atoms with Crippen LogP contribution in [-0.2, 0) is 16.0 Å². The summed E-state index contributed by atoms with van der Waals surface area (Å²) >= 11 is 1.69. The zero-order chi connectivity index (χ0) is 14.8. The van der Waals surface area contributed by atoms with Gasteiger partial charge in [-0.05, 0) is 37.1 Å². The van der Waals surface area contributed by atoms with Crippen LogP contribution in [0, 0.1) is 5.92 Å². The van der Waals surface area contributed by atoms with Crippen LogP contribution in [0.2, 0.25) is 0 Å². The smallest absolute Gasteiger partial charge is 0.308 e. The van der Waals surface area contributed by atoms with Crippen molar-refractivity contribution in [2.75, 3.05) is 13.1 Å².